The molecule has 0 aromatic heterocycles. The summed E-state index contributed by atoms with van der Waals surface area (Å²) in [5, 5.41) is 0. The fourth-order valence-electron chi connectivity index (χ4n) is 0.691. The zero-order valence-corrected chi connectivity index (χ0v) is 5.24. The Morgan fingerprint density at radius 1 is 1.88 bits per heavy atom. The molecule has 1 heteroatoms. The predicted molar refractivity (Wildman–Crippen MR) is 38.7 cm³/mol. The van der Waals surface area contributed by atoms with Crippen molar-refractivity contribution < 1.29 is 0 Å². The highest BCUT2D eigenvalue weighted by Gasteiger charge is 2.08. The molecule has 0 heterocycles. The third-order valence-corrected chi connectivity index (χ3v) is 1.45. The van der Waals surface area contributed by atoms with Gasteiger partial charge < -0.3 is 0 Å². The first kappa shape index (κ1) is 5.53. The van der Waals surface area contributed by atoms with Gasteiger partial charge in [0.15, 0.2) is 0 Å². The smallest absolute Gasteiger partial charge is 0.0431 e. The zero-order valence-electron chi connectivity index (χ0n) is 4.42. The highest BCUT2D eigenvalue weighted by molar-refractivity contribution is 7.80. The Morgan fingerprint density at radius 3 is 2.88 bits per heavy atom. The van der Waals surface area contributed by atoms with Gasteiger partial charge in [-0.05, 0) is 6.42 Å². The average molecular weight is 122 g/mol. The minimum Gasteiger partial charge on any atom is -0.119 e. The van der Waals surface area contributed by atoms with E-state index in [9.17, 15) is 0 Å². The van der Waals surface area contributed by atoms with E-state index in [1.165, 1.54) is 0 Å². The molecule has 1 atom stereocenters. The van der Waals surface area contributed by atoms with Gasteiger partial charge in [-0.2, -0.15) is 0 Å². The maximum Gasteiger partial charge on any atom is 0.0431 e. The molecular formula is C7H6S. The Morgan fingerprint density at radius 2 is 2.62 bits per heavy atom. The summed E-state index contributed by atoms with van der Waals surface area (Å²) in [6, 6.07) is 0. The Kier molecular flexibility index (Phi) is 1.45. The van der Waals surface area contributed by atoms with Crippen LogP contribution in [-0.2, 0) is 0 Å². The maximum atomic E-state index is 5.14. The normalized spacial score (nSPS) is 25.9. The molecule has 0 radical (unpaired) electrons. The van der Waals surface area contributed by atoms with Crippen molar-refractivity contribution in [2.75, 3.05) is 0 Å². The number of hydrogen-bond donors (Lipinski definition) is 0. The van der Waals surface area contributed by atoms with E-state index in [4.69, 9.17) is 18.6 Å². The molecule has 0 aromatic rings. The lowest BCUT2D eigenvalue weighted by Crippen LogP contribution is -1.88. The second-order valence-corrected chi connectivity index (χ2v) is 2.33. The molecule has 0 nitrogen and oxygen atoms in total. The molecule has 0 saturated heterocycles. The van der Waals surface area contributed by atoms with Gasteiger partial charge in [0, 0.05) is 10.8 Å². The molecule has 1 aliphatic rings. The summed E-state index contributed by atoms with van der Waals surface area (Å²) in [5.41, 5.74) is 0. The third kappa shape index (κ3) is 0.962. The SMILES string of the molecule is C#CC1C=CC(=S)C1. The Labute approximate surface area is 54.6 Å². The van der Waals surface area contributed by atoms with Crippen molar-refractivity contribution in [2.45, 2.75) is 6.42 Å². The molecule has 0 aliphatic heterocycles. The van der Waals surface area contributed by atoms with Gasteiger partial charge in [0.25, 0.3) is 0 Å². The van der Waals surface area contributed by atoms with Crippen LogP contribution in [0.3, 0.4) is 0 Å². The first-order valence-corrected chi connectivity index (χ1v) is 2.91. The van der Waals surface area contributed by atoms with Crippen LogP contribution in [0.5, 0.6) is 0 Å². The second kappa shape index (κ2) is 2.11. The van der Waals surface area contributed by atoms with Crippen LogP contribution < -0.4 is 0 Å². The molecule has 1 unspecified atom stereocenters. The van der Waals surface area contributed by atoms with Gasteiger partial charge in [0.2, 0.25) is 0 Å². The average Bonchev–Trinajstić information content (AvgIpc) is 2.14. The van der Waals surface area contributed by atoms with E-state index in [2.05, 4.69) is 5.92 Å². The summed E-state index contributed by atoms with van der Waals surface area (Å²) in [6.07, 6.45) is 9.91. The van der Waals surface area contributed by atoms with E-state index in [0.29, 0.717) is 0 Å². The molecule has 0 saturated carbocycles. The molecule has 40 valence electrons. The van der Waals surface area contributed by atoms with Crippen molar-refractivity contribution in [3.8, 4) is 12.3 Å². The minimum absolute atomic E-state index is 0.280. The van der Waals surface area contributed by atoms with Crippen LogP contribution in [0.25, 0.3) is 0 Å². The number of terminal acetylenes is 1. The molecule has 8 heavy (non-hydrogen) atoms. The van der Waals surface area contributed by atoms with Gasteiger partial charge in [-0.15, -0.1) is 6.42 Å². The van der Waals surface area contributed by atoms with Gasteiger partial charge in [0.05, 0.1) is 0 Å². The van der Waals surface area contributed by atoms with Crippen LogP contribution in [0.1, 0.15) is 6.42 Å². The molecule has 0 bridgehead atoms. The van der Waals surface area contributed by atoms with Gasteiger partial charge in [-0.3, -0.25) is 0 Å². The van der Waals surface area contributed by atoms with E-state index < -0.39 is 0 Å². The summed E-state index contributed by atoms with van der Waals surface area (Å²) in [5.74, 6) is 2.90. The first-order chi connectivity index (χ1) is 3.83. The van der Waals surface area contributed by atoms with Gasteiger partial charge in [0.1, 0.15) is 0 Å². The molecule has 0 fully saturated rings. The van der Waals surface area contributed by atoms with E-state index in [0.717, 1.165) is 11.3 Å². The van der Waals surface area contributed by atoms with E-state index in [1.54, 1.807) is 0 Å². The Hall–Kier alpha value is -0.610. The van der Waals surface area contributed by atoms with Crippen molar-refractivity contribution in [3.63, 3.8) is 0 Å². The van der Waals surface area contributed by atoms with Crippen molar-refractivity contribution >= 4 is 17.1 Å². The Balaban J connectivity index is 2.62. The van der Waals surface area contributed by atoms with Crippen molar-refractivity contribution in [3.05, 3.63) is 12.2 Å². The fourth-order valence-corrected chi connectivity index (χ4v) is 0.949. The lowest BCUT2D eigenvalue weighted by Gasteiger charge is -1.90. The van der Waals surface area contributed by atoms with Crippen molar-refractivity contribution in [1.29, 1.82) is 0 Å². The summed E-state index contributed by atoms with van der Waals surface area (Å²) >= 11 is 4.88. The molecule has 0 spiro atoms. The molecule has 0 N–H and O–H groups in total. The third-order valence-electron chi connectivity index (χ3n) is 1.15. The summed E-state index contributed by atoms with van der Waals surface area (Å²) in [7, 11) is 0. The number of allylic oxidation sites excluding steroid dienone is 2. The maximum absolute atomic E-state index is 5.14. The second-order valence-electron chi connectivity index (χ2n) is 1.80. The number of hydrogen-bond acceptors (Lipinski definition) is 1. The lowest BCUT2D eigenvalue weighted by atomic mass is 10.1. The number of thiocarbonyl (C=S) groups is 1. The standard InChI is InChI=1S/C7H6S/c1-2-6-3-4-7(8)5-6/h1,3-4,6H,5H2. The molecule has 1 aliphatic carbocycles. The highest BCUT2D eigenvalue weighted by Crippen LogP contribution is 2.13. The predicted octanol–water partition coefficient (Wildman–Crippen LogP) is 1.57. The monoisotopic (exact) mass is 122 g/mol. The molecular weight excluding hydrogens is 116 g/mol. The highest BCUT2D eigenvalue weighted by atomic mass is 32.1. The minimum atomic E-state index is 0.280. The van der Waals surface area contributed by atoms with Crippen LogP contribution in [0.2, 0.25) is 0 Å². The summed E-state index contributed by atoms with van der Waals surface area (Å²) < 4.78 is 0. The fraction of sp³-hybridized carbons (Fsp3) is 0.286. The quantitative estimate of drug-likeness (QED) is 0.347. The van der Waals surface area contributed by atoms with E-state index in [-0.39, 0.29) is 5.92 Å². The van der Waals surface area contributed by atoms with Crippen molar-refractivity contribution in [1.82, 2.24) is 0 Å². The molecule has 1 rings (SSSR count). The summed E-state index contributed by atoms with van der Waals surface area (Å²) in [4.78, 5) is 0.980. The Bertz CT molecular complexity index is 171. The summed E-state index contributed by atoms with van der Waals surface area (Å²) in [6.45, 7) is 0. The van der Waals surface area contributed by atoms with Crippen molar-refractivity contribution in [2.24, 2.45) is 5.92 Å². The topological polar surface area (TPSA) is 0 Å². The first-order valence-electron chi connectivity index (χ1n) is 2.50. The molecule has 0 aromatic carbocycles. The van der Waals surface area contributed by atoms with Crippen LogP contribution in [0.15, 0.2) is 12.2 Å². The van der Waals surface area contributed by atoms with Gasteiger partial charge in [-0.1, -0.05) is 30.3 Å². The van der Waals surface area contributed by atoms with Crippen LogP contribution in [0.4, 0.5) is 0 Å². The van der Waals surface area contributed by atoms with Crippen LogP contribution in [-0.4, -0.2) is 4.86 Å². The van der Waals surface area contributed by atoms with Crippen LogP contribution in [0, 0.1) is 18.3 Å². The van der Waals surface area contributed by atoms with E-state index >= 15 is 0 Å². The van der Waals surface area contributed by atoms with Gasteiger partial charge >= 0.3 is 0 Å². The van der Waals surface area contributed by atoms with Crippen LogP contribution >= 0.6 is 12.2 Å². The van der Waals surface area contributed by atoms with E-state index in [1.807, 2.05) is 12.2 Å². The number of rotatable bonds is 0. The van der Waals surface area contributed by atoms with Gasteiger partial charge in [-0.25, -0.2) is 0 Å². The lowest BCUT2D eigenvalue weighted by molar-refractivity contribution is 0.934. The molecule has 0 amide bonds. The largest absolute Gasteiger partial charge is 0.119 e. The zero-order chi connectivity index (χ0) is 5.98.